The smallest absolute Gasteiger partial charge is 0.278 e. The second-order valence-corrected chi connectivity index (χ2v) is 6.82. The van der Waals surface area contributed by atoms with Gasteiger partial charge in [0.15, 0.2) is 0 Å². The molecule has 0 aliphatic rings. The van der Waals surface area contributed by atoms with Crippen molar-refractivity contribution in [1.29, 1.82) is 0 Å². The minimum absolute atomic E-state index is 0.0560. The van der Waals surface area contributed by atoms with Crippen LogP contribution in [0.1, 0.15) is 18.5 Å². The largest absolute Gasteiger partial charge is 0.381 e. The normalized spacial score (nSPS) is 14.6. The van der Waals surface area contributed by atoms with Crippen LogP contribution in [0.2, 0.25) is 0 Å². The summed E-state index contributed by atoms with van der Waals surface area (Å²) in [5.74, 6) is -2.49. The molecule has 0 spiro atoms. The van der Waals surface area contributed by atoms with E-state index in [-0.39, 0.29) is 23.0 Å². The summed E-state index contributed by atoms with van der Waals surface area (Å²) >= 11 is 0. The highest BCUT2D eigenvalue weighted by molar-refractivity contribution is 5.76. The first-order chi connectivity index (χ1) is 14.3. The van der Waals surface area contributed by atoms with Gasteiger partial charge in [0.05, 0.1) is 18.0 Å². The maximum Gasteiger partial charge on any atom is 0.278 e. The minimum atomic E-state index is -2.11. The van der Waals surface area contributed by atoms with Crippen LogP contribution in [0, 0.1) is 17.5 Å². The minimum Gasteiger partial charge on any atom is -0.381 e. The molecule has 2 heterocycles. The Hall–Kier alpha value is -3.60. The zero-order valence-corrected chi connectivity index (χ0v) is 15.6. The Morgan fingerprint density at radius 1 is 1.13 bits per heavy atom. The van der Waals surface area contributed by atoms with Gasteiger partial charge in [0.1, 0.15) is 41.2 Å². The van der Waals surface area contributed by atoms with Gasteiger partial charge >= 0.3 is 0 Å². The molecule has 4 aromatic rings. The Morgan fingerprint density at radius 3 is 2.57 bits per heavy atom. The fourth-order valence-corrected chi connectivity index (χ4v) is 3.33. The van der Waals surface area contributed by atoms with Crippen molar-refractivity contribution in [3.05, 3.63) is 82.4 Å². The lowest BCUT2D eigenvalue weighted by molar-refractivity contribution is -0.0390. The predicted octanol–water partition coefficient (Wildman–Crippen LogP) is 1.95. The summed E-state index contributed by atoms with van der Waals surface area (Å²) < 4.78 is 43.8. The van der Waals surface area contributed by atoms with E-state index in [0.29, 0.717) is 6.07 Å². The first-order valence-electron chi connectivity index (χ1n) is 8.84. The summed E-state index contributed by atoms with van der Waals surface area (Å²) in [4.78, 5) is 16.7. The lowest BCUT2D eigenvalue weighted by atomic mass is 9.86. The average Bonchev–Trinajstić information content (AvgIpc) is 3.21. The summed E-state index contributed by atoms with van der Waals surface area (Å²) in [6.07, 6.45) is 2.51. The van der Waals surface area contributed by atoms with E-state index in [0.717, 1.165) is 28.9 Å². The van der Waals surface area contributed by atoms with Crippen molar-refractivity contribution >= 4 is 10.9 Å². The third-order valence-electron chi connectivity index (χ3n) is 4.97. The number of nitrogens with zero attached hydrogens (tertiary/aromatic N) is 6. The quantitative estimate of drug-likeness (QED) is 0.534. The summed E-state index contributed by atoms with van der Waals surface area (Å²) in [5.41, 5.74) is -2.95. The third-order valence-corrected chi connectivity index (χ3v) is 4.97. The Balaban J connectivity index is 1.90. The lowest BCUT2D eigenvalue weighted by Crippen LogP contribution is -2.44. The lowest BCUT2D eigenvalue weighted by Gasteiger charge is -2.34. The van der Waals surface area contributed by atoms with Crippen molar-refractivity contribution in [1.82, 2.24) is 29.8 Å². The molecule has 0 bridgehead atoms. The number of fused-ring (bicyclic) bond motifs is 1. The van der Waals surface area contributed by atoms with Gasteiger partial charge in [-0.2, -0.15) is 5.10 Å². The Morgan fingerprint density at radius 2 is 1.87 bits per heavy atom. The van der Waals surface area contributed by atoms with E-state index in [1.807, 2.05) is 0 Å². The Kier molecular flexibility index (Phi) is 4.82. The number of halogens is 3. The van der Waals surface area contributed by atoms with Crippen LogP contribution in [0.4, 0.5) is 13.2 Å². The van der Waals surface area contributed by atoms with Gasteiger partial charge < -0.3 is 5.11 Å². The summed E-state index contributed by atoms with van der Waals surface area (Å²) in [6, 6.07) is 4.94. The zero-order valence-electron chi connectivity index (χ0n) is 15.6. The van der Waals surface area contributed by atoms with Gasteiger partial charge in [-0.1, -0.05) is 11.3 Å². The van der Waals surface area contributed by atoms with E-state index in [1.165, 1.54) is 30.3 Å². The van der Waals surface area contributed by atoms with Crippen LogP contribution >= 0.6 is 0 Å². The van der Waals surface area contributed by atoms with Crippen LogP contribution in [0.15, 0.2) is 53.8 Å². The molecule has 0 saturated heterocycles. The average molecular weight is 416 g/mol. The molecule has 30 heavy (non-hydrogen) atoms. The monoisotopic (exact) mass is 416 g/mol. The molecule has 11 heteroatoms. The van der Waals surface area contributed by atoms with Crippen molar-refractivity contribution < 1.29 is 18.3 Å². The molecular formula is C19H15F3N6O2. The highest BCUT2D eigenvalue weighted by atomic mass is 19.1. The van der Waals surface area contributed by atoms with Gasteiger partial charge in [-0.25, -0.2) is 27.5 Å². The topological polar surface area (TPSA) is 98.7 Å². The summed E-state index contributed by atoms with van der Waals surface area (Å²) in [5, 5.41) is 23.1. The van der Waals surface area contributed by atoms with E-state index in [1.54, 1.807) is 0 Å². The third kappa shape index (κ3) is 3.32. The van der Waals surface area contributed by atoms with Crippen molar-refractivity contribution in [2.45, 2.75) is 25.1 Å². The van der Waals surface area contributed by atoms with Gasteiger partial charge in [-0.15, -0.1) is 5.10 Å². The molecule has 0 saturated carbocycles. The number of hydrogen-bond donors (Lipinski definition) is 1. The van der Waals surface area contributed by atoms with Crippen molar-refractivity contribution in [2.75, 3.05) is 0 Å². The molecule has 2 atom stereocenters. The number of aromatic nitrogens is 6. The summed E-state index contributed by atoms with van der Waals surface area (Å²) in [7, 11) is 0. The van der Waals surface area contributed by atoms with Gasteiger partial charge in [-0.3, -0.25) is 4.79 Å². The first-order valence-corrected chi connectivity index (χ1v) is 8.84. The molecule has 154 valence electrons. The standard InChI is InChI=1S/C19H15F3N6O2/c1-11(28-18(29)14-6-12(20)3-5-17(14)25-26-28)19(30,8-27-10-23-9-24-27)15-4-2-13(21)7-16(15)22/h2-7,9-11,30H,8H2,1H3/t11-,19-/m1/s1. The van der Waals surface area contributed by atoms with Gasteiger partial charge in [0, 0.05) is 11.6 Å². The molecule has 4 rings (SSSR count). The van der Waals surface area contributed by atoms with E-state index >= 15 is 0 Å². The van der Waals surface area contributed by atoms with Crippen LogP contribution in [-0.2, 0) is 12.1 Å². The fourth-order valence-electron chi connectivity index (χ4n) is 3.33. The van der Waals surface area contributed by atoms with Crippen molar-refractivity contribution in [3.8, 4) is 0 Å². The Labute approximate surface area is 167 Å². The Bertz CT molecular complexity index is 1280. The van der Waals surface area contributed by atoms with E-state index in [2.05, 4.69) is 20.4 Å². The molecule has 0 amide bonds. The molecule has 0 radical (unpaired) electrons. The first kappa shape index (κ1) is 19.7. The number of hydrogen-bond acceptors (Lipinski definition) is 6. The maximum atomic E-state index is 14.6. The number of benzene rings is 2. The molecule has 0 fully saturated rings. The molecule has 0 aliphatic heterocycles. The molecule has 2 aromatic carbocycles. The second kappa shape index (κ2) is 7.34. The van der Waals surface area contributed by atoms with Crippen LogP contribution in [-0.4, -0.2) is 34.9 Å². The van der Waals surface area contributed by atoms with E-state index in [4.69, 9.17) is 0 Å². The van der Waals surface area contributed by atoms with Crippen molar-refractivity contribution in [2.24, 2.45) is 0 Å². The molecule has 1 N–H and O–H groups in total. The molecule has 0 unspecified atom stereocenters. The van der Waals surface area contributed by atoms with Crippen LogP contribution in [0.3, 0.4) is 0 Å². The van der Waals surface area contributed by atoms with Crippen LogP contribution in [0.5, 0.6) is 0 Å². The molecule has 2 aromatic heterocycles. The molecular weight excluding hydrogens is 401 g/mol. The molecule has 0 aliphatic carbocycles. The fraction of sp³-hybridized carbons (Fsp3) is 0.211. The van der Waals surface area contributed by atoms with Crippen molar-refractivity contribution in [3.63, 3.8) is 0 Å². The van der Waals surface area contributed by atoms with E-state index in [9.17, 15) is 23.1 Å². The van der Waals surface area contributed by atoms with Crippen LogP contribution in [0.25, 0.3) is 10.9 Å². The van der Waals surface area contributed by atoms with E-state index < -0.39 is 34.7 Å². The van der Waals surface area contributed by atoms with Gasteiger partial charge in [0.2, 0.25) is 0 Å². The highest BCUT2D eigenvalue weighted by Gasteiger charge is 2.41. The van der Waals surface area contributed by atoms with Gasteiger partial charge in [0.25, 0.3) is 5.56 Å². The maximum absolute atomic E-state index is 14.6. The zero-order chi connectivity index (χ0) is 21.5. The SMILES string of the molecule is C[C@@H](n1nnc2ccc(F)cc2c1=O)[C@](O)(Cn1cncn1)c1ccc(F)cc1F. The highest BCUT2D eigenvalue weighted by Crippen LogP contribution is 2.35. The predicted molar refractivity (Wildman–Crippen MR) is 98.7 cm³/mol. The molecule has 8 nitrogen and oxygen atoms in total. The van der Waals surface area contributed by atoms with Gasteiger partial charge in [-0.05, 0) is 31.2 Å². The number of aliphatic hydroxyl groups is 1. The van der Waals surface area contributed by atoms with Crippen LogP contribution < -0.4 is 5.56 Å². The second-order valence-electron chi connectivity index (χ2n) is 6.82. The summed E-state index contributed by atoms with van der Waals surface area (Å²) in [6.45, 7) is 1.09. The number of rotatable bonds is 5.